The van der Waals surface area contributed by atoms with Crippen LogP contribution in [0.5, 0.6) is 0 Å². The summed E-state index contributed by atoms with van der Waals surface area (Å²) in [6, 6.07) is -1.42. The van der Waals surface area contributed by atoms with Crippen LogP contribution in [0, 0.1) is 0 Å². The second kappa shape index (κ2) is 20.8. The van der Waals surface area contributed by atoms with Crippen LogP contribution in [-0.2, 0) is 47.4 Å². The number of aliphatic hydroxyl groups excluding tert-OH is 16. The van der Waals surface area contributed by atoms with Crippen molar-refractivity contribution < 1.29 is 129 Å². The summed E-state index contributed by atoms with van der Waals surface area (Å²) in [7, 11) is 0. The summed E-state index contributed by atoms with van der Waals surface area (Å²) in [5, 5.41) is 169. The Kier molecular flexibility index (Phi) is 17.1. The van der Waals surface area contributed by atoms with Crippen LogP contribution in [0.2, 0.25) is 0 Å². The predicted molar refractivity (Wildman–Crippen MR) is 178 cm³/mol. The second-order valence-corrected chi connectivity index (χ2v) is 14.8. The van der Waals surface area contributed by atoms with Crippen LogP contribution in [-0.4, -0.2) is 274 Å². The van der Waals surface area contributed by atoms with Crippen molar-refractivity contribution in [2.24, 2.45) is 0 Å². The van der Waals surface area contributed by atoms with E-state index in [0.29, 0.717) is 0 Å². The molecule has 5 fully saturated rings. The highest BCUT2D eigenvalue weighted by Gasteiger charge is 2.55. The van der Waals surface area contributed by atoms with Gasteiger partial charge in [0.25, 0.3) is 0 Å². The SMILES string of the molecule is CC(=O)N[C@H]1[C@H](OC[C@H]2O[C@H](O[C@H]3[C@@H](O[C@@H]4[C@@H](O)[C@H](O)O[C@H](CO[C@H]5O[C@H](CO)[C@H](O)[C@H](O)[C@H]5O)[C@H]4O)O[C@H](CO)[C@@H](O)[C@@H]3O)[C@H](O)[C@@H](O)[C@@H]2O)O[C@H](CO)[C@@H](O)[C@@H]1O. The maximum absolute atomic E-state index is 11.8. The van der Waals surface area contributed by atoms with Crippen LogP contribution in [0.25, 0.3) is 0 Å². The van der Waals surface area contributed by atoms with E-state index in [-0.39, 0.29) is 0 Å². The Balaban J connectivity index is 1.30. The monoisotopic (exact) mass is 869 g/mol. The lowest BCUT2D eigenvalue weighted by Gasteiger charge is -2.48. The van der Waals surface area contributed by atoms with E-state index >= 15 is 0 Å². The van der Waals surface area contributed by atoms with E-state index in [1.165, 1.54) is 0 Å². The number of hydrogen-bond acceptors (Lipinski definition) is 26. The Hall–Kier alpha value is -1.53. The van der Waals surface area contributed by atoms with Crippen molar-refractivity contribution in [2.75, 3.05) is 33.0 Å². The van der Waals surface area contributed by atoms with Gasteiger partial charge in [0.1, 0.15) is 122 Å². The molecule has 0 radical (unpaired) electrons. The normalized spacial score (nSPS) is 51.0. The molecule has 27 heteroatoms. The molecule has 5 aliphatic heterocycles. The van der Waals surface area contributed by atoms with Gasteiger partial charge in [0.05, 0.1) is 33.0 Å². The minimum atomic E-state index is -2.13. The summed E-state index contributed by atoms with van der Waals surface area (Å²) in [4.78, 5) is 11.8. The highest BCUT2D eigenvalue weighted by molar-refractivity contribution is 5.73. The molecule has 1 amide bonds. The summed E-state index contributed by atoms with van der Waals surface area (Å²) in [6.45, 7) is -2.94. The zero-order chi connectivity index (χ0) is 43.6. The Labute approximate surface area is 333 Å². The highest BCUT2D eigenvalue weighted by atomic mass is 16.8. The number of ether oxygens (including phenoxy) is 9. The average Bonchev–Trinajstić information content (AvgIpc) is 3.21. The fourth-order valence-electron chi connectivity index (χ4n) is 7.20. The molecule has 5 heterocycles. The van der Waals surface area contributed by atoms with Gasteiger partial charge in [-0.1, -0.05) is 0 Å². The Morgan fingerprint density at radius 2 is 0.864 bits per heavy atom. The molecule has 0 unspecified atom stereocenters. The molecule has 0 bridgehead atoms. The first kappa shape index (κ1) is 48.5. The second-order valence-electron chi connectivity index (χ2n) is 14.8. The molecule has 5 rings (SSSR count). The highest BCUT2D eigenvalue weighted by Crippen LogP contribution is 2.34. The summed E-state index contributed by atoms with van der Waals surface area (Å²) in [5.74, 6) is -0.676. The first-order valence-electron chi connectivity index (χ1n) is 18.6. The van der Waals surface area contributed by atoms with Crippen molar-refractivity contribution >= 4 is 5.91 Å². The largest absolute Gasteiger partial charge is 0.394 e. The fourth-order valence-corrected chi connectivity index (χ4v) is 7.20. The van der Waals surface area contributed by atoms with Crippen molar-refractivity contribution in [2.45, 2.75) is 160 Å². The lowest BCUT2D eigenvalue weighted by atomic mass is 9.96. The summed E-state index contributed by atoms with van der Waals surface area (Å²) in [5.41, 5.74) is 0. The van der Waals surface area contributed by atoms with Crippen molar-refractivity contribution in [3.05, 3.63) is 0 Å². The molecule has 59 heavy (non-hydrogen) atoms. The van der Waals surface area contributed by atoms with Crippen LogP contribution in [0.3, 0.4) is 0 Å². The van der Waals surface area contributed by atoms with Crippen LogP contribution >= 0.6 is 0 Å². The third-order valence-corrected chi connectivity index (χ3v) is 10.7. The average molecular weight is 870 g/mol. The predicted octanol–water partition coefficient (Wildman–Crippen LogP) is -11.8. The fraction of sp³-hybridized carbons (Fsp3) is 0.969. The summed E-state index contributed by atoms with van der Waals surface area (Å²) < 4.78 is 49.7. The third kappa shape index (κ3) is 10.5. The number of carbonyl (C=O) groups excluding carboxylic acids is 1. The molecule has 0 aromatic heterocycles. The Morgan fingerprint density at radius 3 is 1.42 bits per heavy atom. The molecule has 0 aromatic rings. The van der Waals surface area contributed by atoms with Crippen molar-refractivity contribution in [3.63, 3.8) is 0 Å². The van der Waals surface area contributed by atoms with Crippen molar-refractivity contribution in [3.8, 4) is 0 Å². The number of carbonyl (C=O) groups is 1. The molecule has 0 spiro atoms. The van der Waals surface area contributed by atoms with Gasteiger partial charge in [-0.15, -0.1) is 0 Å². The molecule has 27 nitrogen and oxygen atoms in total. The topological polar surface area (TPSA) is 436 Å². The lowest BCUT2D eigenvalue weighted by Crippen LogP contribution is -2.67. The van der Waals surface area contributed by atoms with E-state index in [9.17, 15) is 86.5 Å². The maximum atomic E-state index is 11.8. The van der Waals surface area contributed by atoms with Crippen LogP contribution in [0.4, 0.5) is 0 Å². The zero-order valence-electron chi connectivity index (χ0n) is 31.2. The van der Waals surface area contributed by atoms with Gasteiger partial charge in [0.2, 0.25) is 5.91 Å². The summed E-state index contributed by atoms with van der Waals surface area (Å²) >= 11 is 0. The van der Waals surface area contributed by atoms with Gasteiger partial charge in [-0.25, -0.2) is 0 Å². The first-order valence-corrected chi connectivity index (χ1v) is 18.6. The summed E-state index contributed by atoms with van der Waals surface area (Å²) in [6.07, 6.45) is -44.2. The number of amides is 1. The van der Waals surface area contributed by atoms with E-state index in [0.717, 1.165) is 6.92 Å². The molecule has 25 atom stereocenters. The minimum Gasteiger partial charge on any atom is -0.394 e. The van der Waals surface area contributed by atoms with E-state index < -0.39 is 192 Å². The van der Waals surface area contributed by atoms with Crippen LogP contribution < -0.4 is 5.32 Å². The molecule has 0 saturated carbocycles. The van der Waals surface area contributed by atoms with Crippen molar-refractivity contribution in [1.29, 1.82) is 0 Å². The smallest absolute Gasteiger partial charge is 0.217 e. The molecule has 0 aliphatic carbocycles. The molecule has 5 saturated heterocycles. The van der Waals surface area contributed by atoms with E-state index in [1.807, 2.05) is 0 Å². The van der Waals surface area contributed by atoms with E-state index in [2.05, 4.69) is 5.32 Å². The Morgan fingerprint density at radius 1 is 0.441 bits per heavy atom. The van der Waals surface area contributed by atoms with Gasteiger partial charge in [0, 0.05) is 6.92 Å². The molecule has 0 aromatic carbocycles. The maximum Gasteiger partial charge on any atom is 0.217 e. The third-order valence-electron chi connectivity index (χ3n) is 10.7. The van der Waals surface area contributed by atoms with Gasteiger partial charge < -0.3 is 130 Å². The van der Waals surface area contributed by atoms with Gasteiger partial charge >= 0.3 is 0 Å². The van der Waals surface area contributed by atoms with Gasteiger partial charge in [0.15, 0.2) is 31.5 Å². The number of nitrogens with one attached hydrogen (secondary N) is 1. The zero-order valence-corrected chi connectivity index (χ0v) is 31.2. The van der Waals surface area contributed by atoms with Gasteiger partial charge in [-0.3, -0.25) is 4.79 Å². The standard InChI is InChI=1S/C32H55NO26/c1-7(37)33-13-19(43)14(38)8(2-34)54-29(13)51-5-11-17(41)21(45)24(48)31(57-11)59-27-22(46)16(40)10(4-36)56-32(27)58-26-18(42)12(53-28(50)25(26)49)6-52-30-23(47)20(44)15(39)9(3-35)55-30/h8-32,34-36,38-50H,2-6H2,1H3,(H,33,37)/t8-,9-,10-,11-,12-,13-,14-,15+,16-,17-,18-,19-,20+,21+,22+,23-,24-,25-,26+,27-,28-,29-,30+,31-,32-/m1/s1. The molecule has 17 N–H and O–H groups in total. The quantitative estimate of drug-likeness (QED) is 0.0770. The minimum absolute atomic E-state index is 0.676. The van der Waals surface area contributed by atoms with Crippen LogP contribution in [0.1, 0.15) is 6.92 Å². The van der Waals surface area contributed by atoms with Crippen molar-refractivity contribution in [1.82, 2.24) is 5.32 Å². The first-order chi connectivity index (χ1) is 27.8. The lowest BCUT2D eigenvalue weighted by molar-refractivity contribution is -0.390. The molecule has 344 valence electrons. The van der Waals surface area contributed by atoms with Gasteiger partial charge in [-0.05, 0) is 0 Å². The number of rotatable bonds is 14. The van der Waals surface area contributed by atoms with Gasteiger partial charge in [-0.2, -0.15) is 0 Å². The van der Waals surface area contributed by atoms with E-state index in [1.54, 1.807) is 0 Å². The Bertz CT molecular complexity index is 1320. The molecular formula is C32H55NO26. The van der Waals surface area contributed by atoms with Crippen LogP contribution in [0.15, 0.2) is 0 Å². The number of hydrogen-bond donors (Lipinski definition) is 17. The molecule has 5 aliphatic rings. The van der Waals surface area contributed by atoms with E-state index in [4.69, 9.17) is 42.6 Å². The number of aliphatic hydroxyl groups is 16. The molecular weight excluding hydrogens is 814 g/mol.